The number of anilines is 2. The number of methoxy groups -OCH3 is 1. The summed E-state index contributed by atoms with van der Waals surface area (Å²) in [5.74, 6) is -1.21. The molecule has 1 spiro atoms. The van der Waals surface area contributed by atoms with Gasteiger partial charge in [0.15, 0.2) is 5.82 Å². The van der Waals surface area contributed by atoms with Gasteiger partial charge in [-0.25, -0.2) is 28.8 Å². The monoisotopic (exact) mass is 633 g/mol. The van der Waals surface area contributed by atoms with Crippen molar-refractivity contribution in [2.75, 3.05) is 63.3 Å². The van der Waals surface area contributed by atoms with Crippen molar-refractivity contribution in [3.63, 3.8) is 0 Å². The summed E-state index contributed by atoms with van der Waals surface area (Å²) in [5, 5.41) is 12.4. The molecule has 3 aliphatic heterocycles. The average Bonchev–Trinajstić information content (AvgIpc) is 3.57. The van der Waals surface area contributed by atoms with Gasteiger partial charge in [-0.3, -0.25) is 10.2 Å². The van der Waals surface area contributed by atoms with E-state index in [9.17, 15) is 13.6 Å². The molecule has 15 heteroatoms. The second-order valence-corrected chi connectivity index (χ2v) is 11.8. The number of hydrogen-bond acceptors (Lipinski definition) is 10. The molecule has 3 saturated heterocycles. The topological polar surface area (TPSA) is 132 Å². The van der Waals surface area contributed by atoms with E-state index < -0.39 is 29.9 Å². The molecule has 6 heterocycles. The molecular formula is C31H33F2N9O4. The van der Waals surface area contributed by atoms with Gasteiger partial charge in [0.1, 0.15) is 17.6 Å². The molecule has 1 aromatic carbocycles. The van der Waals surface area contributed by atoms with Crippen LogP contribution < -0.4 is 15.5 Å². The summed E-state index contributed by atoms with van der Waals surface area (Å²) in [4.78, 5) is 34.4. The number of para-hydroxylation sites is 1. The third-order valence-corrected chi connectivity index (χ3v) is 8.45. The summed E-state index contributed by atoms with van der Waals surface area (Å²) < 4.78 is 39.8. The van der Waals surface area contributed by atoms with Crippen LogP contribution in [-0.2, 0) is 14.3 Å². The smallest absolute Gasteiger partial charge is 0.320 e. The number of rotatable bonds is 9. The number of nitrogens with zero attached hydrogens (tertiary/aromatic N) is 7. The molecule has 0 unspecified atom stereocenters. The van der Waals surface area contributed by atoms with Gasteiger partial charge < -0.3 is 19.7 Å². The Morgan fingerprint density at radius 1 is 1.11 bits per heavy atom. The van der Waals surface area contributed by atoms with Gasteiger partial charge in [0.25, 0.3) is 0 Å². The number of amides is 2. The molecule has 240 valence electrons. The molecule has 3 fully saturated rings. The summed E-state index contributed by atoms with van der Waals surface area (Å²) in [6.07, 6.45) is 3.87. The van der Waals surface area contributed by atoms with E-state index in [1.165, 1.54) is 6.20 Å². The predicted molar refractivity (Wildman–Crippen MR) is 162 cm³/mol. The van der Waals surface area contributed by atoms with Gasteiger partial charge in [0.05, 0.1) is 37.0 Å². The van der Waals surface area contributed by atoms with E-state index in [1.807, 2.05) is 37.3 Å². The minimum Gasteiger partial charge on any atom is -0.383 e. The summed E-state index contributed by atoms with van der Waals surface area (Å²) in [7, 11) is 1.56. The zero-order valence-corrected chi connectivity index (χ0v) is 25.3. The zero-order valence-electron chi connectivity index (χ0n) is 25.3. The van der Waals surface area contributed by atoms with Gasteiger partial charge in [-0.15, -0.1) is 0 Å². The molecule has 13 nitrogen and oxygen atoms in total. The van der Waals surface area contributed by atoms with Gasteiger partial charge >= 0.3 is 6.03 Å². The number of carbonyl (C=O) groups is 1. The fraction of sp³-hybridized carbons (Fsp3) is 0.387. The Labute approximate surface area is 263 Å². The van der Waals surface area contributed by atoms with Crippen LogP contribution in [0.3, 0.4) is 0 Å². The third kappa shape index (κ3) is 5.77. The van der Waals surface area contributed by atoms with Crippen LogP contribution in [0, 0.1) is 24.1 Å². The standard InChI is InChI=1S/C31H33F2N9O4/c1-19-25(21-12-35-29(36-13-21)40-15-31(16-40)17-45-18-31)39-42(22-6-4-3-5-7-22)28(19)38-30(43)37-24-14-41(8-9-44-2)46-26(24)20-10-23(32)27(33)34-11-20/h3-7,10-13,24,26H,8-9,14-18H2,1-2H3,(H2,37,38,43)/t24-,26+/m1/s1. The van der Waals surface area contributed by atoms with Crippen LogP contribution in [0.2, 0.25) is 0 Å². The Hall–Kier alpha value is -4.57. The number of benzene rings is 1. The lowest BCUT2D eigenvalue weighted by Gasteiger charge is -2.54. The second kappa shape index (κ2) is 12.3. The number of hydroxylamine groups is 2. The number of hydrogen-bond donors (Lipinski definition) is 2. The van der Waals surface area contributed by atoms with Crippen molar-refractivity contribution in [1.29, 1.82) is 0 Å². The highest BCUT2D eigenvalue weighted by Gasteiger charge is 2.49. The van der Waals surface area contributed by atoms with Crippen LogP contribution in [-0.4, -0.2) is 95.0 Å². The van der Waals surface area contributed by atoms with Crippen LogP contribution in [0.5, 0.6) is 0 Å². The van der Waals surface area contributed by atoms with Crippen molar-refractivity contribution >= 4 is 17.8 Å². The molecule has 2 atom stereocenters. The highest BCUT2D eigenvalue weighted by atomic mass is 19.2. The van der Waals surface area contributed by atoms with Gasteiger partial charge in [0.2, 0.25) is 11.9 Å². The molecule has 3 aromatic heterocycles. The second-order valence-electron chi connectivity index (χ2n) is 11.8. The molecule has 0 radical (unpaired) electrons. The van der Waals surface area contributed by atoms with Crippen molar-refractivity contribution in [3.05, 3.63) is 77.9 Å². The summed E-state index contributed by atoms with van der Waals surface area (Å²) >= 11 is 0. The molecule has 0 bridgehead atoms. The lowest BCUT2D eigenvalue weighted by atomic mass is 9.78. The molecule has 2 amide bonds. The first-order valence-corrected chi connectivity index (χ1v) is 14.9. The summed E-state index contributed by atoms with van der Waals surface area (Å²) in [5.41, 5.74) is 3.28. The van der Waals surface area contributed by atoms with Crippen LogP contribution in [0.1, 0.15) is 17.2 Å². The Balaban J connectivity index is 1.13. The lowest BCUT2D eigenvalue weighted by molar-refractivity contribution is -0.154. The maximum absolute atomic E-state index is 14.1. The minimum absolute atomic E-state index is 0.243. The van der Waals surface area contributed by atoms with Gasteiger partial charge in [0, 0.05) is 68.6 Å². The number of ether oxygens (including phenoxy) is 2. The Morgan fingerprint density at radius 2 is 1.87 bits per heavy atom. The number of carbonyl (C=O) groups excluding carboxylic acids is 1. The highest BCUT2D eigenvalue weighted by molar-refractivity contribution is 5.91. The molecule has 46 heavy (non-hydrogen) atoms. The lowest BCUT2D eigenvalue weighted by Crippen LogP contribution is -2.66. The number of nitrogens with one attached hydrogen (secondary N) is 2. The normalized spacial score (nSPS) is 20.4. The first-order chi connectivity index (χ1) is 22.3. The summed E-state index contributed by atoms with van der Waals surface area (Å²) in [6, 6.07) is 9.29. The molecule has 0 saturated carbocycles. The number of halogens is 2. The largest absolute Gasteiger partial charge is 0.383 e. The average molecular weight is 634 g/mol. The summed E-state index contributed by atoms with van der Waals surface area (Å²) in [6.45, 7) is 6.23. The van der Waals surface area contributed by atoms with E-state index in [-0.39, 0.29) is 17.5 Å². The highest BCUT2D eigenvalue weighted by Crippen LogP contribution is 2.39. The van der Waals surface area contributed by atoms with E-state index in [4.69, 9.17) is 19.4 Å². The Bertz CT molecular complexity index is 1710. The molecule has 4 aromatic rings. The Kier molecular flexibility index (Phi) is 8.06. The number of pyridine rings is 1. The van der Waals surface area contributed by atoms with E-state index in [2.05, 4.69) is 30.5 Å². The van der Waals surface area contributed by atoms with Gasteiger partial charge in [-0.05, 0) is 25.1 Å². The van der Waals surface area contributed by atoms with Crippen LogP contribution in [0.25, 0.3) is 16.9 Å². The third-order valence-electron chi connectivity index (χ3n) is 8.45. The van der Waals surface area contributed by atoms with Crippen molar-refractivity contribution in [1.82, 2.24) is 35.1 Å². The minimum atomic E-state index is -1.21. The van der Waals surface area contributed by atoms with Crippen molar-refractivity contribution in [3.8, 4) is 16.9 Å². The van der Waals surface area contributed by atoms with Crippen molar-refractivity contribution < 1.29 is 27.9 Å². The first-order valence-electron chi connectivity index (χ1n) is 14.9. The fourth-order valence-corrected chi connectivity index (χ4v) is 6.01. The van der Waals surface area contributed by atoms with Gasteiger partial charge in [-0.1, -0.05) is 18.2 Å². The van der Waals surface area contributed by atoms with Crippen molar-refractivity contribution in [2.45, 2.75) is 19.1 Å². The molecular weight excluding hydrogens is 600 g/mol. The van der Waals surface area contributed by atoms with Crippen LogP contribution in [0.4, 0.5) is 25.3 Å². The number of aromatic nitrogens is 5. The molecule has 2 N–H and O–H groups in total. The predicted octanol–water partition coefficient (Wildman–Crippen LogP) is 3.27. The fourth-order valence-electron chi connectivity index (χ4n) is 6.01. The van der Waals surface area contributed by atoms with Crippen LogP contribution >= 0.6 is 0 Å². The first kappa shape index (κ1) is 30.1. The quantitative estimate of drug-likeness (QED) is 0.265. The SMILES string of the molecule is COCCN1C[C@@H](NC(=O)Nc2c(C)c(-c3cnc(N4CC5(COC5)C4)nc3)nn2-c2ccccc2)[C@H](c2cnc(F)c(F)c2)O1. The van der Waals surface area contributed by atoms with E-state index >= 15 is 0 Å². The number of urea groups is 1. The molecule has 3 aliphatic rings. The van der Waals surface area contributed by atoms with E-state index in [1.54, 1.807) is 29.2 Å². The van der Waals surface area contributed by atoms with Crippen LogP contribution in [0.15, 0.2) is 55.0 Å². The van der Waals surface area contributed by atoms with E-state index in [0.29, 0.717) is 41.7 Å². The molecule has 7 rings (SSSR count). The maximum Gasteiger partial charge on any atom is 0.320 e. The molecule has 0 aliphatic carbocycles. The van der Waals surface area contributed by atoms with Gasteiger partial charge in [-0.2, -0.15) is 14.6 Å². The Morgan fingerprint density at radius 3 is 2.54 bits per heavy atom. The van der Waals surface area contributed by atoms with E-state index in [0.717, 1.165) is 38.1 Å². The van der Waals surface area contributed by atoms with Crippen molar-refractivity contribution in [2.24, 2.45) is 5.41 Å². The zero-order chi connectivity index (χ0) is 31.8. The maximum atomic E-state index is 14.1.